The average Bonchev–Trinajstić information content (AvgIpc) is 2.51. The lowest BCUT2D eigenvalue weighted by atomic mass is 10.0. The molecule has 0 atom stereocenters. The number of sulfonamides is 1. The van der Waals surface area contributed by atoms with Crippen LogP contribution in [0, 0.1) is 11.6 Å². The molecule has 0 fully saturated rings. The number of hydrogen-bond acceptors (Lipinski definition) is 3. The highest BCUT2D eigenvalue weighted by atomic mass is 32.2. The summed E-state index contributed by atoms with van der Waals surface area (Å²) < 4.78 is 51.4. The number of hydrogen-bond donors (Lipinski definition) is 1. The average molecular weight is 366 g/mol. The summed E-state index contributed by atoms with van der Waals surface area (Å²) in [6, 6.07) is 7.44. The third kappa shape index (κ3) is 3.79. The molecule has 0 saturated heterocycles. The van der Waals surface area contributed by atoms with Gasteiger partial charge < -0.3 is 5.32 Å². The highest BCUT2D eigenvalue weighted by Crippen LogP contribution is 2.30. The van der Waals surface area contributed by atoms with E-state index in [1.165, 1.54) is 10.4 Å². The summed E-state index contributed by atoms with van der Waals surface area (Å²) in [6.07, 6.45) is 2.44. The molecule has 2 aromatic rings. The summed E-state index contributed by atoms with van der Waals surface area (Å²) in [6.45, 7) is 0.403. The number of carbonyl (C=O) groups excluding carboxylic acids is 1. The van der Waals surface area contributed by atoms with Crippen LogP contribution in [0.1, 0.15) is 22.3 Å². The van der Waals surface area contributed by atoms with Gasteiger partial charge in [-0.1, -0.05) is 0 Å². The van der Waals surface area contributed by atoms with Crippen LogP contribution in [0.15, 0.2) is 36.4 Å². The fourth-order valence-corrected chi connectivity index (χ4v) is 3.87. The third-order valence-electron chi connectivity index (χ3n) is 3.94. The largest absolute Gasteiger partial charge is 0.322 e. The van der Waals surface area contributed by atoms with Gasteiger partial charge in [0, 0.05) is 23.9 Å². The number of rotatable bonds is 3. The first kappa shape index (κ1) is 17.3. The smallest absolute Gasteiger partial charge is 0.255 e. The Hall–Kier alpha value is -2.48. The Balaban J connectivity index is 1.88. The molecule has 3 rings (SSSR count). The zero-order chi connectivity index (χ0) is 18.2. The number of nitrogens with one attached hydrogen (secondary N) is 1. The molecule has 1 aliphatic heterocycles. The van der Waals surface area contributed by atoms with Crippen LogP contribution < -0.4 is 9.62 Å². The Labute approximate surface area is 144 Å². The van der Waals surface area contributed by atoms with E-state index in [2.05, 4.69) is 5.32 Å². The first-order valence-electron chi connectivity index (χ1n) is 7.62. The quantitative estimate of drug-likeness (QED) is 0.908. The molecule has 1 amide bonds. The molecule has 0 saturated carbocycles. The first-order valence-corrected chi connectivity index (χ1v) is 9.47. The zero-order valence-corrected chi connectivity index (χ0v) is 14.2. The van der Waals surface area contributed by atoms with Crippen LogP contribution in [0.5, 0.6) is 0 Å². The van der Waals surface area contributed by atoms with Gasteiger partial charge in [0.05, 0.1) is 11.9 Å². The highest BCUT2D eigenvalue weighted by molar-refractivity contribution is 7.92. The molecule has 132 valence electrons. The van der Waals surface area contributed by atoms with Gasteiger partial charge in [-0.3, -0.25) is 9.10 Å². The van der Waals surface area contributed by atoms with Crippen molar-refractivity contribution in [2.45, 2.75) is 12.8 Å². The van der Waals surface area contributed by atoms with E-state index in [0.717, 1.165) is 24.0 Å². The predicted molar refractivity (Wildman–Crippen MR) is 91.3 cm³/mol. The van der Waals surface area contributed by atoms with Crippen LogP contribution in [-0.4, -0.2) is 27.1 Å². The maximum atomic E-state index is 13.2. The van der Waals surface area contributed by atoms with Gasteiger partial charge in [-0.15, -0.1) is 0 Å². The molecule has 0 aromatic heterocycles. The van der Waals surface area contributed by atoms with E-state index in [1.807, 2.05) is 0 Å². The van der Waals surface area contributed by atoms with E-state index in [9.17, 15) is 22.0 Å². The molecule has 8 heteroatoms. The summed E-state index contributed by atoms with van der Waals surface area (Å²) >= 11 is 0. The molecule has 5 nitrogen and oxygen atoms in total. The van der Waals surface area contributed by atoms with Crippen molar-refractivity contribution in [1.82, 2.24) is 0 Å². The molecule has 0 aliphatic carbocycles. The number of fused-ring (bicyclic) bond motifs is 1. The second-order valence-electron chi connectivity index (χ2n) is 5.89. The standard InChI is InChI=1S/C17H16F2N2O3S/c1-25(23,24)21-6-2-3-11-7-12(4-5-16(11)21)17(22)20-15-9-13(18)8-14(19)10-15/h4-5,7-10H,2-3,6H2,1H3,(H,20,22). The van der Waals surface area contributed by atoms with Crippen LogP contribution in [0.2, 0.25) is 0 Å². The van der Waals surface area contributed by atoms with Crippen molar-refractivity contribution in [3.05, 3.63) is 59.2 Å². The minimum atomic E-state index is -3.38. The van der Waals surface area contributed by atoms with Crippen molar-refractivity contribution in [2.24, 2.45) is 0 Å². The minimum absolute atomic E-state index is 0.0120. The molecule has 25 heavy (non-hydrogen) atoms. The number of anilines is 2. The van der Waals surface area contributed by atoms with Crippen LogP contribution in [-0.2, 0) is 16.4 Å². The van der Waals surface area contributed by atoms with E-state index in [-0.39, 0.29) is 5.69 Å². The number of benzene rings is 2. The fraction of sp³-hybridized carbons (Fsp3) is 0.235. The lowest BCUT2D eigenvalue weighted by Gasteiger charge is -2.29. The second-order valence-corrected chi connectivity index (χ2v) is 7.80. The topological polar surface area (TPSA) is 66.5 Å². The van der Waals surface area contributed by atoms with Gasteiger partial charge >= 0.3 is 0 Å². The third-order valence-corrected chi connectivity index (χ3v) is 5.12. The maximum Gasteiger partial charge on any atom is 0.255 e. The highest BCUT2D eigenvalue weighted by Gasteiger charge is 2.24. The summed E-state index contributed by atoms with van der Waals surface area (Å²) in [7, 11) is -3.38. The normalized spacial score (nSPS) is 14.1. The van der Waals surface area contributed by atoms with Crippen molar-refractivity contribution in [3.63, 3.8) is 0 Å². The van der Waals surface area contributed by atoms with Crippen LogP contribution in [0.4, 0.5) is 20.2 Å². The summed E-state index contributed by atoms with van der Waals surface area (Å²) in [4.78, 5) is 12.3. The van der Waals surface area contributed by atoms with Gasteiger partial charge in [0.25, 0.3) is 5.91 Å². The Morgan fingerprint density at radius 2 is 1.80 bits per heavy atom. The van der Waals surface area contributed by atoms with Crippen LogP contribution in [0.25, 0.3) is 0 Å². The second kappa shape index (κ2) is 6.44. The van der Waals surface area contributed by atoms with Gasteiger partial charge in [-0.25, -0.2) is 17.2 Å². The van der Waals surface area contributed by atoms with Crippen molar-refractivity contribution >= 4 is 27.3 Å². The fourth-order valence-electron chi connectivity index (χ4n) is 2.88. The van der Waals surface area contributed by atoms with Gasteiger partial charge in [0.2, 0.25) is 10.0 Å². The molecule has 1 aliphatic rings. The maximum absolute atomic E-state index is 13.2. The summed E-state index contributed by atoms with van der Waals surface area (Å²) in [5.74, 6) is -2.10. The van der Waals surface area contributed by atoms with E-state index < -0.39 is 27.6 Å². The van der Waals surface area contributed by atoms with Gasteiger partial charge in [-0.2, -0.15) is 0 Å². The molecule has 1 N–H and O–H groups in total. The van der Waals surface area contributed by atoms with Crippen molar-refractivity contribution in [1.29, 1.82) is 0 Å². The molecular weight excluding hydrogens is 350 g/mol. The Morgan fingerprint density at radius 3 is 2.44 bits per heavy atom. The summed E-state index contributed by atoms with van der Waals surface area (Å²) in [5, 5.41) is 2.44. The van der Waals surface area contributed by atoms with E-state index in [0.29, 0.717) is 36.7 Å². The molecule has 0 spiro atoms. The molecular formula is C17H16F2N2O3S. The SMILES string of the molecule is CS(=O)(=O)N1CCCc2cc(C(=O)Nc3cc(F)cc(F)c3)ccc21. The number of nitrogens with zero attached hydrogens (tertiary/aromatic N) is 1. The lowest BCUT2D eigenvalue weighted by molar-refractivity contribution is 0.102. The van der Waals surface area contributed by atoms with Crippen LogP contribution >= 0.6 is 0 Å². The van der Waals surface area contributed by atoms with E-state index in [1.54, 1.807) is 12.1 Å². The Kier molecular flexibility index (Phi) is 4.47. The molecule has 0 unspecified atom stereocenters. The Morgan fingerprint density at radius 1 is 1.12 bits per heavy atom. The van der Waals surface area contributed by atoms with Crippen molar-refractivity contribution in [2.75, 3.05) is 22.4 Å². The zero-order valence-electron chi connectivity index (χ0n) is 13.4. The number of amides is 1. The molecule has 0 bridgehead atoms. The van der Waals surface area contributed by atoms with Crippen LogP contribution in [0.3, 0.4) is 0 Å². The number of halogens is 2. The molecule has 1 heterocycles. The number of aryl methyl sites for hydroxylation is 1. The van der Waals surface area contributed by atoms with Gasteiger partial charge in [0.1, 0.15) is 11.6 Å². The van der Waals surface area contributed by atoms with E-state index in [4.69, 9.17) is 0 Å². The van der Waals surface area contributed by atoms with Gasteiger partial charge in [-0.05, 0) is 48.7 Å². The monoisotopic (exact) mass is 366 g/mol. The van der Waals surface area contributed by atoms with E-state index >= 15 is 0 Å². The lowest BCUT2D eigenvalue weighted by Crippen LogP contribution is -2.34. The first-order chi connectivity index (χ1) is 11.7. The molecule has 0 radical (unpaired) electrons. The van der Waals surface area contributed by atoms with Gasteiger partial charge in [0.15, 0.2) is 0 Å². The summed E-state index contributed by atoms with van der Waals surface area (Å²) in [5.41, 5.74) is 1.61. The van der Waals surface area contributed by atoms with Crippen molar-refractivity contribution < 1.29 is 22.0 Å². The minimum Gasteiger partial charge on any atom is -0.322 e. The van der Waals surface area contributed by atoms with Crippen molar-refractivity contribution in [3.8, 4) is 0 Å². The number of carbonyl (C=O) groups is 1. The molecule has 2 aromatic carbocycles. The Bertz CT molecular complexity index is 925. The predicted octanol–water partition coefficient (Wildman–Crippen LogP) is 2.93.